The number of rotatable bonds is 3. The summed E-state index contributed by atoms with van der Waals surface area (Å²) in [5.74, 6) is 5.43. The van der Waals surface area contributed by atoms with E-state index in [4.69, 9.17) is 5.84 Å². The van der Waals surface area contributed by atoms with Crippen molar-refractivity contribution in [1.82, 2.24) is 10.3 Å². The summed E-state index contributed by atoms with van der Waals surface area (Å²) in [6.45, 7) is 3.35. The van der Waals surface area contributed by atoms with E-state index in [9.17, 15) is 0 Å². The van der Waals surface area contributed by atoms with Crippen LogP contribution < -0.4 is 36.1 Å². The average molecular weight is 276 g/mol. The van der Waals surface area contributed by atoms with Crippen molar-refractivity contribution in [3.05, 3.63) is 35.9 Å². The van der Waals surface area contributed by atoms with E-state index in [2.05, 4.69) is 40.7 Å². The minimum atomic E-state index is 0. The van der Waals surface area contributed by atoms with E-state index < -0.39 is 0 Å². The molecule has 3 N–H and O–H groups in total. The van der Waals surface area contributed by atoms with Gasteiger partial charge in [0.05, 0.1) is 0 Å². The molecule has 1 saturated heterocycles. The number of nitrogens with one attached hydrogen (secondary N) is 1. The van der Waals surface area contributed by atoms with Gasteiger partial charge in [-0.05, 0) is 18.4 Å². The first-order valence-corrected chi connectivity index (χ1v) is 5.61. The molecule has 1 fully saturated rings. The lowest BCUT2D eigenvalue weighted by Gasteiger charge is -2.31. The molecule has 2 rings (SSSR count). The Labute approximate surface area is 116 Å². The molecule has 1 aromatic carbocycles. The van der Waals surface area contributed by atoms with Crippen molar-refractivity contribution >= 4 is 0 Å². The second-order valence-electron chi connectivity index (χ2n) is 4.20. The van der Waals surface area contributed by atoms with Crippen LogP contribution in [0.4, 0.5) is 0 Å². The Morgan fingerprint density at radius 3 is 2.24 bits per heavy atom. The first-order valence-electron chi connectivity index (χ1n) is 5.61. The number of nitrogens with zero attached hydrogens (tertiary/aromatic N) is 1. The van der Waals surface area contributed by atoms with Crippen LogP contribution in [0.2, 0.25) is 0 Å². The van der Waals surface area contributed by atoms with Gasteiger partial charge < -0.3 is 24.8 Å². The summed E-state index contributed by atoms with van der Waals surface area (Å²) in [5, 5.41) is 0. The number of halogens is 2. The first-order chi connectivity index (χ1) is 7.38. The topological polar surface area (TPSA) is 41.3 Å². The third-order valence-electron chi connectivity index (χ3n) is 3.07. The highest BCUT2D eigenvalue weighted by Gasteiger charge is 2.17. The van der Waals surface area contributed by atoms with E-state index in [0.29, 0.717) is 6.04 Å². The molecule has 0 aromatic heterocycles. The summed E-state index contributed by atoms with van der Waals surface area (Å²) < 4.78 is 0. The molecule has 0 bridgehead atoms. The summed E-state index contributed by atoms with van der Waals surface area (Å²) >= 11 is 0. The lowest BCUT2D eigenvalue weighted by molar-refractivity contribution is -0.00100. The molecule has 5 heteroatoms. The number of benzene rings is 1. The fourth-order valence-electron chi connectivity index (χ4n) is 2.10. The first kappa shape index (κ1) is 16.7. The third-order valence-corrected chi connectivity index (χ3v) is 3.07. The molecule has 1 heterocycles. The van der Waals surface area contributed by atoms with Crippen LogP contribution in [0.15, 0.2) is 30.3 Å². The van der Waals surface area contributed by atoms with Crippen LogP contribution in [0.1, 0.15) is 18.4 Å². The zero-order chi connectivity index (χ0) is 10.5. The van der Waals surface area contributed by atoms with Crippen molar-refractivity contribution in [3.8, 4) is 0 Å². The van der Waals surface area contributed by atoms with Crippen molar-refractivity contribution in [2.24, 2.45) is 5.84 Å². The van der Waals surface area contributed by atoms with Gasteiger partial charge in [0, 0.05) is 25.7 Å². The summed E-state index contributed by atoms with van der Waals surface area (Å²) in [6, 6.07) is 11.2. The smallest absolute Gasteiger partial charge is 0.0234 e. The molecule has 1 aliphatic heterocycles. The van der Waals surface area contributed by atoms with Gasteiger partial charge in [-0.3, -0.25) is 16.2 Å². The number of likely N-dealkylation sites (tertiary alicyclic amines) is 1. The van der Waals surface area contributed by atoms with Crippen molar-refractivity contribution in [3.63, 3.8) is 0 Å². The van der Waals surface area contributed by atoms with Gasteiger partial charge in [-0.1, -0.05) is 30.3 Å². The van der Waals surface area contributed by atoms with Crippen molar-refractivity contribution in [1.29, 1.82) is 0 Å². The Hall–Kier alpha value is -0.320. The van der Waals surface area contributed by atoms with Crippen molar-refractivity contribution in [2.75, 3.05) is 13.1 Å². The summed E-state index contributed by atoms with van der Waals surface area (Å²) in [4.78, 5) is 2.49. The number of hydrogen-bond acceptors (Lipinski definition) is 3. The number of piperidine rings is 1. The van der Waals surface area contributed by atoms with Crippen molar-refractivity contribution in [2.45, 2.75) is 25.4 Å². The Morgan fingerprint density at radius 1 is 1.12 bits per heavy atom. The monoisotopic (exact) mass is 275 g/mol. The van der Waals surface area contributed by atoms with Gasteiger partial charge in [-0.25, -0.2) is 0 Å². The van der Waals surface area contributed by atoms with Crippen LogP contribution >= 0.6 is 0 Å². The van der Waals surface area contributed by atoms with Gasteiger partial charge in [0.15, 0.2) is 0 Å². The van der Waals surface area contributed by atoms with E-state index in [-0.39, 0.29) is 24.8 Å². The molecular weight excluding hydrogens is 257 g/mol. The van der Waals surface area contributed by atoms with E-state index >= 15 is 0 Å². The molecule has 0 unspecified atom stereocenters. The summed E-state index contributed by atoms with van der Waals surface area (Å²) in [5.41, 5.74) is 4.26. The zero-order valence-corrected chi connectivity index (χ0v) is 11.3. The zero-order valence-electron chi connectivity index (χ0n) is 9.78. The van der Waals surface area contributed by atoms with Crippen LogP contribution in [0.25, 0.3) is 0 Å². The summed E-state index contributed by atoms with van der Waals surface area (Å²) in [7, 11) is 0. The van der Waals surface area contributed by atoms with Crippen LogP contribution in [0.3, 0.4) is 0 Å². The van der Waals surface area contributed by atoms with E-state index in [1.807, 2.05) is 0 Å². The standard InChI is InChI=1S/C12H19N3.2ClH/c13-14-12-6-8-15(9-7-12)10-11-4-2-1-3-5-11;;/h1-5,12,14H,6-10,13H2;2*1H/p-2. The molecular formula is C12H19Cl2N3-2. The second-order valence-corrected chi connectivity index (χ2v) is 4.20. The summed E-state index contributed by atoms with van der Waals surface area (Å²) in [6.07, 6.45) is 2.31. The molecule has 1 aromatic rings. The highest BCUT2D eigenvalue weighted by Crippen LogP contribution is 2.12. The second kappa shape index (κ2) is 8.72. The van der Waals surface area contributed by atoms with E-state index in [1.54, 1.807) is 0 Å². The Morgan fingerprint density at radius 2 is 1.71 bits per heavy atom. The van der Waals surface area contributed by atoms with Crippen LogP contribution in [0.5, 0.6) is 0 Å². The molecule has 1 aliphatic rings. The fraction of sp³-hybridized carbons (Fsp3) is 0.500. The maximum Gasteiger partial charge on any atom is 0.0234 e. The SMILES string of the molecule is NNC1CCN(Cc2ccccc2)CC1.[Cl-].[Cl-]. The predicted octanol–water partition coefficient (Wildman–Crippen LogP) is -4.88. The van der Waals surface area contributed by atoms with Crippen LogP contribution in [0, 0.1) is 0 Å². The lowest BCUT2D eigenvalue weighted by Crippen LogP contribution is -3.00. The highest BCUT2D eigenvalue weighted by atomic mass is 35.5. The van der Waals surface area contributed by atoms with E-state index in [1.165, 1.54) is 5.56 Å². The molecule has 17 heavy (non-hydrogen) atoms. The molecule has 0 radical (unpaired) electrons. The minimum absolute atomic E-state index is 0. The molecule has 0 atom stereocenters. The highest BCUT2D eigenvalue weighted by molar-refractivity contribution is 5.14. The van der Waals surface area contributed by atoms with Gasteiger partial charge in [0.25, 0.3) is 0 Å². The fourth-order valence-corrected chi connectivity index (χ4v) is 2.10. The quantitative estimate of drug-likeness (QED) is 0.430. The maximum absolute atomic E-state index is 5.43. The molecule has 0 spiro atoms. The van der Waals surface area contributed by atoms with Gasteiger partial charge in [0.2, 0.25) is 0 Å². The normalized spacial score (nSPS) is 17.0. The Balaban J connectivity index is 0.00000128. The number of hydrogen-bond donors (Lipinski definition) is 2. The number of hydrazine groups is 1. The van der Waals surface area contributed by atoms with Crippen molar-refractivity contribution < 1.29 is 24.8 Å². The molecule has 0 amide bonds. The number of nitrogens with two attached hydrogens (primary N) is 1. The van der Waals surface area contributed by atoms with Gasteiger partial charge in [-0.15, -0.1) is 0 Å². The molecule has 0 saturated carbocycles. The third kappa shape index (κ3) is 5.23. The Kier molecular flexibility index (Phi) is 8.56. The Bertz CT molecular complexity index is 287. The molecule has 98 valence electrons. The van der Waals surface area contributed by atoms with Crippen LogP contribution in [-0.2, 0) is 6.54 Å². The largest absolute Gasteiger partial charge is 1.00 e. The minimum Gasteiger partial charge on any atom is -1.00 e. The van der Waals surface area contributed by atoms with Gasteiger partial charge >= 0.3 is 0 Å². The van der Waals surface area contributed by atoms with Gasteiger partial charge in [-0.2, -0.15) is 0 Å². The lowest BCUT2D eigenvalue weighted by atomic mass is 10.1. The van der Waals surface area contributed by atoms with Crippen LogP contribution in [-0.4, -0.2) is 24.0 Å². The molecule has 0 aliphatic carbocycles. The predicted molar refractivity (Wildman–Crippen MR) is 62.1 cm³/mol. The maximum atomic E-state index is 5.43. The average Bonchev–Trinajstić information content (AvgIpc) is 2.31. The molecule has 3 nitrogen and oxygen atoms in total. The van der Waals surface area contributed by atoms with E-state index in [0.717, 1.165) is 32.5 Å². The van der Waals surface area contributed by atoms with Gasteiger partial charge in [0.1, 0.15) is 0 Å².